The minimum atomic E-state index is -0.336. The summed E-state index contributed by atoms with van der Waals surface area (Å²) in [6.07, 6.45) is 5.30. The molecule has 1 saturated carbocycles. The van der Waals surface area contributed by atoms with E-state index < -0.39 is 0 Å². The first kappa shape index (κ1) is 16.4. The van der Waals surface area contributed by atoms with Crippen LogP contribution in [0.25, 0.3) is 0 Å². The Morgan fingerprint density at radius 3 is 2.42 bits per heavy atom. The third-order valence-electron chi connectivity index (χ3n) is 4.31. The SMILES string of the molecule is CCOCC(NC(=O)C1(CN)CCCCC1)C(C)C. The van der Waals surface area contributed by atoms with Crippen molar-refractivity contribution in [3.63, 3.8) is 0 Å². The molecule has 0 aliphatic heterocycles. The zero-order chi connectivity index (χ0) is 14.3. The molecule has 0 aromatic rings. The van der Waals surface area contributed by atoms with Gasteiger partial charge in [0, 0.05) is 13.2 Å². The van der Waals surface area contributed by atoms with Crippen LogP contribution >= 0.6 is 0 Å². The summed E-state index contributed by atoms with van der Waals surface area (Å²) in [5, 5.41) is 3.17. The summed E-state index contributed by atoms with van der Waals surface area (Å²) in [6.45, 7) is 7.92. The molecule has 1 fully saturated rings. The normalized spacial score (nSPS) is 20.3. The molecular weight excluding hydrogens is 240 g/mol. The molecule has 1 rings (SSSR count). The molecule has 0 saturated heterocycles. The van der Waals surface area contributed by atoms with Gasteiger partial charge in [0.1, 0.15) is 0 Å². The second-order valence-corrected chi connectivity index (χ2v) is 6.03. The Bertz CT molecular complexity index is 273. The van der Waals surface area contributed by atoms with Crippen LogP contribution in [-0.4, -0.2) is 31.7 Å². The second kappa shape index (κ2) is 7.85. The van der Waals surface area contributed by atoms with Crippen LogP contribution in [0.2, 0.25) is 0 Å². The van der Waals surface area contributed by atoms with Crippen molar-refractivity contribution in [3.8, 4) is 0 Å². The Hall–Kier alpha value is -0.610. The predicted molar refractivity (Wildman–Crippen MR) is 77.8 cm³/mol. The van der Waals surface area contributed by atoms with Gasteiger partial charge in [-0.2, -0.15) is 0 Å². The molecular formula is C15H30N2O2. The molecule has 112 valence electrons. The lowest BCUT2D eigenvalue weighted by molar-refractivity contribution is -0.134. The first-order valence-corrected chi connectivity index (χ1v) is 7.64. The molecule has 1 unspecified atom stereocenters. The van der Waals surface area contributed by atoms with E-state index in [0.717, 1.165) is 25.7 Å². The Morgan fingerprint density at radius 2 is 1.95 bits per heavy atom. The summed E-state index contributed by atoms with van der Waals surface area (Å²) in [4.78, 5) is 12.6. The average molecular weight is 270 g/mol. The Balaban J connectivity index is 2.63. The molecule has 0 bridgehead atoms. The summed E-state index contributed by atoms with van der Waals surface area (Å²) in [5.41, 5.74) is 5.56. The monoisotopic (exact) mass is 270 g/mol. The van der Waals surface area contributed by atoms with E-state index in [1.165, 1.54) is 6.42 Å². The van der Waals surface area contributed by atoms with Crippen molar-refractivity contribution in [2.45, 2.75) is 58.9 Å². The highest BCUT2D eigenvalue weighted by Crippen LogP contribution is 2.35. The van der Waals surface area contributed by atoms with Crippen LogP contribution in [0.3, 0.4) is 0 Å². The molecule has 0 aromatic heterocycles. The Kier molecular flexibility index (Phi) is 6.80. The van der Waals surface area contributed by atoms with Crippen LogP contribution in [0.5, 0.6) is 0 Å². The van der Waals surface area contributed by atoms with Gasteiger partial charge in [-0.25, -0.2) is 0 Å². The summed E-state index contributed by atoms with van der Waals surface area (Å²) in [6, 6.07) is 0.0813. The quantitative estimate of drug-likeness (QED) is 0.744. The number of hydrogen-bond donors (Lipinski definition) is 2. The number of nitrogens with two attached hydrogens (primary N) is 1. The van der Waals surface area contributed by atoms with Crippen LogP contribution in [-0.2, 0) is 9.53 Å². The maximum atomic E-state index is 12.6. The number of ether oxygens (including phenoxy) is 1. The number of nitrogens with one attached hydrogen (secondary N) is 1. The lowest BCUT2D eigenvalue weighted by atomic mass is 9.73. The number of carbonyl (C=O) groups excluding carboxylic acids is 1. The fourth-order valence-corrected chi connectivity index (χ4v) is 2.72. The largest absolute Gasteiger partial charge is 0.380 e. The van der Waals surface area contributed by atoms with Crippen LogP contribution in [0.1, 0.15) is 52.9 Å². The zero-order valence-electron chi connectivity index (χ0n) is 12.7. The van der Waals surface area contributed by atoms with Crippen LogP contribution in [0, 0.1) is 11.3 Å². The van der Waals surface area contributed by atoms with Gasteiger partial charge in [-0.05, 0) is 25.7 Å². The van der Waals surface area contributed by atoms with Crippen molar-refractivity contribution >= 4 is 5.91 Å². The topological polar surface area (TPSA) is 64.3 Å². The van der Waals surface area contributed by atoms with Gasteiger partial charge in [0.2, 0.25) is 5.91 Å². The maximum Gasteiger partial charge on any atom is 0.227 e. The highest BCUT2D eigenvalue weighted by Gasteiger charge is 2.39. The van der Waals surface area contributed by atoms with Crippen LogP contribution in [0.4, 0.5) is 0 Å². The molecule has 0 radical (unpaired) electrons. The van der Waals surface area contributed by atoms with Gasteiger partial charge >= 0.3 is 0 Å². The van der Waals surface area contributed by atoms with Gasteiger partial charge in [-0.1, -0.05) is 33.1 Å². The minimum absolute atomic E-state index is 0.0813. The lowest BCUT2D eigenvalue weighted by Crippen LogP contribution is -2.52. The fourth-order valence-electron chi connectivity index (χ4n) is 2.72. The lowest BCUT2D eigenvalue weighted by Gasteiger charge is -2.36. The van der Waals surface area contributed by atoms with E-state index in [0.29, 0.717) is 25.7 Å². The molecule has 0 spiro atoms. The summed E-state index contributed by atoms with van der Waals surface area (Å²) >= 11 is 0. The highest BCUT2D eigenvalue weighted by atomic mass is 16.5. The van der Waals surface area contributed by atoms with Gasteiger partial charge in [-0.15, -0.1) is 0 Å². The maximum absolute atomic E-state index is 12.6. The first-order valence-electron chi connectivity index (χ1n) is 7.64. The van der Waals surface area contributed by atoms with Gasteiger partial charge in [-0.3, -0.25) is 4.79 Å². The van der Waals surface area contributed by atoms with Gasteiger partial charge in [0.15, 0.2) is 0 Å². The molecule has 1 aliphatic rings. The van der Waals surface area contributed by atoms with Crippen molar-refractivity contribution in [2.24, 2.45) is 17.1 Å². The predicted octanol–water partition coefficient (Wildman–Crippen LogP) is 2.07. The number of amides is 1. The van der Waals surface area contributed by atoms with Gasteiger partial charge < -0.3 is 15.8 Å². The van der Waals surface area contributed by atoms with E-state index >= 15 is 0 Å². The standard InChI is InChI=1S/C15H30N2O2/c1-4-19-10-13(12(2)3)17-14(18)15(11-16)8-6-5-7-9-15/h12-13H,4-11,16H2,1-3H3,(H,17,18). The van der Waals surface area contributed by atoms with Gasteiger partial charge in [0.25, 0.3) is 0 Å². The molecule has 1 amide bonds. The average Bonchev–Trinajstić information content (AvgIpc) is 2.43. The summed E-state index contributed by atoms with van der Waals surface area (Å²) in [5.74, 6) is 0.502. The van der Waals surface area contributed by atoms with Crippen LogP contribution < -0.4 is 11.1 Å². The third kappa shape index (κ3) is 4.46. The Morgan fingerprint density at radius 1 is 1.32 bits per heavy atom. The van der Waals surface area contributed by atoms with E-state index in [9.17, 15) is 4.79 Å². The Labute approximate surface area is 117 Å². The molecule has 0 aromatic carbocycles. The molecule has 3 N–H and O–H groups in total. The summed E-state index contributed by atoms with van der Waals surface area (Å²) < 4.78 is 5.47. The van der Waals surface area contributed by atoms with E-state index in [1.807, 2.05) is 6.92 Å². The molecule has 1 aliphatic carbocycles. The van der Waals surface area contributed by atoms with Crippen molar-refractivity contribution in [3.05, 3.63) is 0 Å². The first-order chi connectivity index (χ1) is 9.05. The fraction of sp³-hybridized carbons (Fsp3) is 0.933. The molecule has 4 nitrogen and oxygen atoms in total. The van der Waals surface area contributed by atoms with E-state index in [2.05, 4.69) is 19.2 Å². The molecule has 0 heterocycles. The number of hydrogen-bond acceptors (Lipinski definition) is 3. The van der Waals surface area contributed by atoms with Crippen molar-refractivity contribution in [1.29, 1.82) is 0 Å². The zero-order valence-corrected chi connectivity index (χ0v) is 12.7. The van der Waals surface area contributed by atoms with E-state index in [1.54, 1.807) is 0 Å². The highest BCUT2D eigenvalue weighted by molar-refractivity contribution is 5.83. The van der Waals surface area contributed by atoms with Gasteiger partial charge in [0.05, 0.1) is 18.1 Å². The van der Waals surface area contributed by atoms with Crippen molar-refractivity contribution in [1.82, 2.24) is 5.32 Å². The van der Waals surface area contributed by atoms with Crippen LogP contribution in [0.15, 0.2) is 0 Å². The van der Waals surface area contributed by atoms with Crippen molar-refractivity contribution < 1.29 is 9.53 Å². The second-order valence-electron chi connectivity index (χ2n) is 6.03. The van der Waals surface area contributed by atoms with Crippen molar-refractivity contribution in [2.75, 3.05) is 19.8 Å². The smallest absolute Gasteiger partial charge is 0.227 e. The molecule has 19 heavy (non-hydrogen) atoms. The number of rotatable bonds is 7. The third-order valence-corrected chi connectivity index (χ3v) is 4.31. The molecule has 4 heteroatoms. The minimum Gasteiger partial charge on any atom is -0.380 e. The number of carbonyl (C=O) groups is 1. The summed E-state index contributed by atoms with van der Waals surface area (Å²) in [7, 11) is 0. The van der Waals surface area contributed by atoms with E-state index in [-0.39, 0.29) is 17.4 Å². The molecule has 1 atom stereocenters. The van der Waals surface area contributed by atoms with E-state index in [4.69, 9.17) is 10.5 Å².